The predicted molar refractivity (Wildman–Crippen MR) is 109 cm³/mol. The first-order chi connectivity index (χ1) is 13.5. The van der Waals surface area contributed by atoms with Gasteiger partial charge in [0, 0.05) is 11.4 Å². The molecule has 1 aliphatic rings. The average molecular weight is 399 g/mol. The Labute approximate surface area is 168 Å². The average Bonchev–Trinajstić information content (AvgIpc) is 3.25. The molecule has 0 aliphatic heterocycles. The second kappa shape index (κ2) is 7.56. The highest BCUT2D eigenvalue weighted by Crippen LogP contribution is 2.64. The van der Waals surface area contributed by atoms with Crippen LogP contribution >= 0.6 is 11.6 Å². The van der Waals surface area contributed by atoms with Gasteiger partial charge in [-0.05, 0) is 66.8 Å². The molecule has 0 radical (unpaired) electrons. The highest BCUT2D eigenvalue weighted by atomic mass is 35.5. The molecule has 1 unspecified atom stereocenters. The summed E-state index contributed by atoms with van der Waals surface area (Å²) in [6.07, 6.45) is 1.79. The van der Waals surface area contributed by atoms with Crippen molar-refractivity contribution < 1.29 is 13.5 Å². The van der Waals surface area contributed by atoms with Crippen molar-refractivity contribution in [3.05, 3.63) is 95.0 Å². The third-order valence-corrected chi connectivity index (χ3v) is 5.69. The summed E-state index contributed by atoms with van der Waals surface area (Å²) in [5.41, 5.74) is 0.724. The minimum Gasteiger partial charge on any atom is -0.457 e. The lowest BCUT2D eigenvalue weighted by molar-refractivity contribution is 0.0847. The maximum atomic E-state index is 14.2. The van der Waals surface area contributed by atoms with Gasteiger partial charge >= 0.3 is 0 Å². The van der Waals surface area contributed by atoms with Gasteiger partial charge in [0.1, 0.15) is 11.5 Å². The van der Waals surface area contributed by atoms with E-state index in [9.17, 15) is 8.78 Å². The summed E-state index contributed by atoms with van der Waals surface area (Å²) in [5, 5.41) is 0.568. The molecule has 1 fully saturated rings. The summed E-state index contributed by atoms with van der Waals surface area (Å²) in [4.78, 5) is 0. The van der Waals surface area contributed by atoms with Crippen LogP contribution in [0.1, 0.15) is 30.4 Å². The Morgan fingerprint density at radius 1 is 0.857 bits per heavy atom. The number of benzene rings is 3. The maximum absolute atomic E-state index is 14.2. The van der Waals surface area contributed by atoms with Gasteiger partial charge in [0.25, 0.3) is 5.92 Å². The van der Waals surface area contributed by atoms with E-state index < -0.39 is 11.3 Å². The van der Waals surface area contributed by atoms with Gasteiger partial charge in [0.05, 0.1) is 5.41 Å². The maximum Gasteiger partial charge on any atom is 0.258 e. The largest absolute Gasteiger partial charge is 0.457 e. The number of hydrogen-bond donors (Lipinski definition) is 0. The van der Waals surface area contributed by atoms with Crippen LogP contribution in [0.3, 0.4) is 0 Å². The van der Waals surface area contributed by atoms with Gasteiger partial charge in [-0.15, -0.1) is 0 Å². The first kappa shape index (κ1) is 18.9. The van der Waals surface area contributed by atoms with Crippen molar-refractivity contribution in [2.24, 2.45) is 0 Å². The number of alkyl halides is 2. The third kappa shape index (κ3) is 3.90. The van der Waals surface area contributed by atoms with E-state index in [4.69, 9.17) is 16.3 Å². The first-order valence-corrected chi connectivity index (χ1v) is 9.82. The van der Waals surface area contributed by atoms with Crippen LogP contribution in [0.15, 0.2) is 78.9 Å². The molecule has 1 saturated carbocycles. The van der Waals surface area contributed by atoms with Crippen molar-refractivity contribution in [3.8, 4) is 11.5 Å². The Kier molecular flexibility index (Phi) is 5.11. The van der Waals surface area contributed by atoms with Gasteiger partial charge in [-0.3, -0.25) is 0 Å². The zero-order chi connectivity index (χ0) is 19.6. The fourth-order valence-electron chi connectivity index (χ4n) is 3.82. The Morgan fingerprint density at radius 3 is 2.21 bits per heavy atom. The molecule has 28 heavy (non-hydrogen) atoms. The van der Waals surface area contributed by atoms with Crippen molar-refractivity contribution in [2.45, 2.75) is 37.0 Å². The molecule has 0 spiro atoms. The molecular weight excluding hydrogens is 378 g/mol. The summed E-state index contributed by atoms with van der Waals surface area (Å²) in [6, 6.07) is 24.3. The van der Waals surface area contributed by atoms with E-state index in [1.165, 1.54) is 0 Å². The molecule has 0 aromatic heterocycles. The van der Waals surface area contributed by atoms with Crippen molar-refractivity contribution in [2.75, 3.05) is 0 Å². The standard InChI is InChI=1S/C24H21ClF2O/c25-20-13-11-19(12-14-20)23(17-24(23,26)27)15-5-7-18-6-4-10-22(16-18)28-21-8-2-1-3-9-21/h1-4,6,8-14,16H,5,7,15,17H2. The van der Waals surface area contributed by atoms with Crippen molar-refractivity contribution in [1.82, 2.24) is 0 Å². The van der Waals surface area contributed by atoms with Crippen LogP contribution in [-0.4, -0.2) is 5.92 Å². The fraction of sp³-hybridized carbons (Fsp3) is 0.250. The molecule has 3 aromatic rings. The molecular formula is C24H21ClF2O. The number of para-hydroxylation sites is 1. The van der Waals surface area contributed by atoms with E-state index >= 15 is 0 Å². The van der Waals surface area contributed by atoms with E-state index in [2.05, 4.69) is 0 Å². The second-order valence-corrected chi connectivity index (χ2v) is 7.82. The Hall–Kier alpha value is -2.39. The van der Waals surface area contributed by atoms with Gasteiger partial charge in [0.2, 0.25) is 0 Å². The summed E-state index contributed by atoms with van der Waals surface area (Å²) < 4.78 is 34.3. The van der Waals surface area contributed by atoms with Crippen molar-refractivity contribution in [1.29, 1.82) is 0 Å². The second-order valence-electron chi connectivity index (χ2n) is 7.39. The zero-order valence-corrected chi connectivity index (χ0v) is 16.1. The van der Waals surface area contributed by atoms with E-state index in [0.29, 0.717) is 23.4 Å². The summed E-state index contributed by atoms with van der Waals surface area (Å²) in [6.45, 7) is 0. The van der Waals surface area contributed by atoms with Gasteiger partial charge < -0.3 is 4.74 Å². The minimum absolute atomic E-state index is 0.0845. The summed E-state index contributed by atoms with van der Waals surface area (Å²) in [5.74, 6) is -1.11. The first-order valence-electron chi connectivity index (χ1n) is 9.44. The minimum atomic E-state index is -2.64. The van der Waals surface area contributed by atoms with Crippen LogP contribution in [0.5, 0.6) is 11.5 Å². The lowest BCUT2D eigenvalue weighted by Gasteiger charge is -2.17. The molecule has 144 valence electrons. The number of ether oxygens (including phenoxy) is 1. The lowest BCUT2D eigenvalue weighted by atomic mass is 9.89. The van der Waals surface area contributed by atoms with Crippen LogP contribution in [0, 0.1) is 0 Å². The van der Waals surface area contributed by atoms with Gasteiger partial charge in [-0.25, -0.2) is 8.78 Å². The normalized spacial score (nSPS) is 20.0. The summed E-state index contributed by atoms with van der Waals surface area (Å²) in [7, 11) is 0. The van der Waals surface area contributed by atoms with Crippen LogP contribution in [0.4, 0.5) is 8.78 Å². The molecule has 0 N–H and O–H groups in total. The van der Waals surface area contributed by atoms with Crippen LogP contribution < -0.4 is 4.74 Å². The molecule has 0 amide bonds. The van der Waals surface area contributed by atoms with Gasteiger partial charge in [0.15, 0.2) is 0 Å². The molecule has 3 aromatic carbocycles. The third-order valence-electron chi connectivity index (χ3n) is 5.44. The van der Waals surface area contributed by atoms with Crippen LogP contribution in [0.25, 0.3) is 0 Å². The van der Waals surface area contributed by atoms with Crippen molar-refractivity contribution >= 4 is 11.6 Å². The molecule has 4 rings (SSSR count). The topological polar surface area (TPSA) is 9.23 Å². The SMILES string of the molecule is FC1(F)CC1(CCCc1cccc(Oc2ccccc2)c1)c1ccc(Cl)cc1. The van der Waals surface area contributed by atoms with E-state index in [-0.39, 0.29) is 6.42 Å². The predicted octanol–water partition coefficient (Wildman–Crippen LogP) is 7.43. The fourth-order valence-corrected chi connectivity index (χ4v) is 3.94. The van der Waals surface area contributed by atoms with E-state index in [1.807, 2.05) is 54.6 Å². The quantitative estimate of drug-likeness (QED) is 0.402. The molecule has 1 nitrogen and oxygen atoms in total. The molecule has 1 aliphatic carbocycles. The van der Waals surface area contributed by atoms with Gasteiger partial charge in [-0.2, -0.15) is 0 Å². The highest BCUT2D eigenvalue weighted by Gasteiger charge is 2.70. The van der Waals surface area contributed by atoms with Gasteiger partial charge in [-0.1, -0.05) is 54.1 Å². The van der Waals surface area contributed by atoms with E-state index in [1.54, 1.807) is 24.3 Å². The smallest absolute Gasteiger partial charge is 0.258 e. The Balaban J connectivity index is 1.40. The zero-order valence-electron chi connectivity index (χ0n) is 15.4. The number of aryl methyl sites for hydroxylation is 1. The lowest BCUT2D eigenvalue weighted by Crippen LogP contribution is -2.16. The molecule has 0 heterocycles. The molecule has 1 atom stereocenters. The monoisotopic (exact) mass is 398 g/mol. The van der Waals surface area contributed by atoms with E-state index in [0.717, 1.165) is 23.5 Å². The highest BCUT2D eigenvalue weighted by molar-refractivity contribution is 6.30. The number of rotatable bonds is 7. The van der Waals surface area contributed by atoms with Crippen molar-refractivity contribution in [3.63, 3.8) is 0 Å². The van der Waals surface area contributed by atoms with Crippen LogP contribution in [0.2, 0.25) is 5.02 Å². The molecule has 0 bridgehead atoms. The van der Waals surface area contributed by atoms with Crippen LogP contribution in [-0.2, 0) is 11.8 Å². The Morgan fingerprint density at radius 2 is 1.54 bits per heavy atom. The number of halogens is 3. The molecule has 4 heteroatoms. The molecule has 0 saturated heterocycles. The summed E-state index contributed by atoms with van der Waals surface area (Å²) >= 11 is 5.91. The Bertz CT molecular complexity index is 940. The number of hydrogen-bond acceptors (Lipinski definition) is 1.